The fourth-order valence-corrected chi connectivity index (χ4v) is 3.28. The van der Waals surface area contributed by atoms with E-state index in [4.69, 9.17) is 0 Å². The van der Waals surface area contributed by atoms with E-state index in [1.54, 1.807) is 0 Å². The summed E-state index contributed by atoms with van der Waals surface area (Å²) in [5.41, 5.74) is 1.44. The zero-order chi connectivity index (χ0) is 11.5. The molecular weight excluding hydrogens is 228 g/mol. The standard InChI is InChI=1S/C14H20N2S/c1-2-4-12(5-3-1)8-16-7-6-13(9-16)15-14-10-17-11-14/h1-5,13-15H,6-11H2. The first-order chi connectivity index (χ1) is 8.40. The van der Waals surface area contributed by atoms with Gasteiger partial charge in [0.25, 0.3) is 0 Å². The predicted molar refractivity (Wildman–Crippen MR) is 74.4 cm³/mol. The fraction of sp³-hybridized carbons (Fsp3) is 0.571. The van der Waals surface area contributed by atoms with E-state index in [1.807, 2.05) is 0 Å². The van der Waals surface area contributed by atoms with Gasteiger partial charge < -0.3 is 5.32 Å². The van der Waals surface area contributed by atoms with Crippen LogP contribution >= 0.6 is 11.8 Å². The van der Waals surface area contributed by atoms with Crippen molar-refractivity contribution in [2.75, 3.05) is 24.6 Å². The molecule has 2 fully saturated rings. The van der Waals surface area contributed by atoms with Crippen LogP contribution in [0.1, 0.15) is 12.0 Å². The Morgan fingerprint density at radius 1 is 1.18 bits per heavy atom. The smallest absolute Gasteiger partial charge is 0.0251 e. The van der Waals surface area contributed by atoms with E-state index in [-0.39, 0.29) is 0 Å². The Bertz CT molecular complexity index is 350. The maximum absolute atomic E-state index is 3.77. The Kier molecular flexibility index (Phi) is 3.69. The molecule has 2 nitrogen and oxygen atoms in total. The van der Waals surface area contributed by atoms with Crippen LogP contribution in [-0.2, 0) is 6.54 Å². The normalized spacial score (nSPS) is 26.0. The van der Waals surface area contributed by atoms with E-state index < -0.39 is 0 Å². The first-order valence-corrected chi connectivity index (χ1v) is 7.66. The second-order valence-electron chi connectivity index (χ2n) is 5.11. The summed E-state index contributed by atoms with van der Waals surface area (Å²) in [6, 6.07) is 12.3. The van der Waals surface area contributed by atoms with Gasteiger partial charge in [0.1, 0.15) is 0 Å². The molecular formula is C14H20N2S. The van der Waals surface area contributed by atoms with Gasteiger partial charge in [0.2, 0.25) is 0 Å². The third kappa shape index (κ3) is 3.03. The molecule has 2 saturated heterocycles. The van der Waals surface area contributed by atoms with E-state index in [1.165, 1.54) is 36.6 Å². The molecule has 0 saturated carbocycles. The minimum absolute atomic E-state index is 0.726. The van der Waals surface area contributed by atoms with Gasteiger partial charge in [-0.15, -0.1) is 0 Å². The van der Waals surface area contributed by atoms with Crippen LogP contribution in [0.15, 0.2) is 30.3 Å². The molecule has 1 aromatic carbocycles. The molecule has 3 heteroatoms. The second kappa shape index (κ2) is 5.42. The molecule has 2 aliphatic heterocycles. The molecule has 1 unspecified atom stereocenters. The largest absolute Gasteiger partial charge is 0.308 e. The highest BCUT2D eigenvalue weighted by atomic mass is 32.2. The summed E-state index contributed by atoms with van der Waals surface area (Å²) in [4.78, 5) is 2.57. The molecule has 2 heterocycles. The average Bonchev–Trinajstić information content (AvgIpc) is 2.73. The third-order valence-corrected chi connectivity index (χ3v) is 4.91. The molecule has 0 spiro atoms. The molecule has 0 amide bonds. The lowest BCUT2D eigenvalue weighted by molar-refractivity contribution is 0.317. The highest BCUT2D eigenvalue weighted by Gasteiger charge is 2.27. The Morgan fingerprint density at radius 2 is 2.00 bits per heavy atom. The van der Waals surface area contributed by atoms with Crippen LogP contribution in [0.5, 0.6) is 0 Å². The highest BCUT2D eigenvalue weighted by Crippen LogP contribution is 2.20. The van der Waals surface area contributed by atoms with Gasteiger partial charge in [-0.3, -0.25) is 4.90 Å². The van der Waals surface area contributed by atoms with E-state index in [0.29, 0.717) is 0 Å². The number of benzene rings is 1. The lowest BCUT2D eigenvalue weighted by Crippen LogP contribution is -2.47. The molecule has 0 bridgehead atoms. The van der Waals surface area contributed by atoms with Gasteiger partial charge in [-0.1, -0.05) is 30.3 Å². The Labute approximate surface area is 108 Å². The Hall–Kier alpha value is -0.510. The van der Waals surface area contributed by atoms with Crippen LogP contribution in [0.2, 0.25) is 0 Å². The van der Waals surface area contributed by atoms with Gasteiger partial charge in [-0.25, -0.2) is 0 Å². The molecule has 1 atom stereocenters. The predicted octanol–water partition coefficient (Wildman–Crippen LogP) is 1.97. The van der Waals surface area contributed by atoms with Crippen molar-refractivity contribution in [1.29, 1.82) is 0 Å². The van der Waals surface area contributed by atoms with Crippen molar-refractivity contribution in [3.8, 4) is 0 Å². The van der Waals surface area contributed by atoms with Crippen molar-refractivity contribution in [2.24, 2.45) is 0 Å². The quantitative estimate of drug-likeness (QED) is 0.877. The van der Waals surface area contributed by atoms with E-state index in [9.17, 15) is 0 Å². The van der Waals surface area contributed by atoms with Gasteiger partial charge in [-0.05, 0) is 12.0 Å². The molecule has 0 aliphatic carbocycles. The first kappa shape index (κ1) is 11.6. The summed E-state index contributed by atoms with van der Waals surface area (Å²) >= 11 is 2.06. The summed E-state index contributed by atoms with van der Waals surface area (Å²) in [5.74, 6) is 2.63. The third-order valence-electron chi connectivity index (χ3n) is 3.63. The SMILES string of the molecule is c1ccc(CN2CCC(NC3CSC3)C2)cc1. The van der Waals surface area contributed by atoms with Crippen molar-refractivity contribution in [3.05, 3.63) is 35.9 Å². The van der Waals surface area contributed by atoms with E-state index >= 15 is 0 Å². The van der Waals surface area contributed by atoms with Crippen LogP contribution < -0.4 is 5.32 Å². The first-order valence-electron chi connectivity index (χ1n) is 6.50. The average molecular weight is 248 g/mol. The summed E-state index contributed by atoms with van der Waals surface area (Å²) in [6.07, 6.45) is 1.31. The molecule has 1 aromatic rings. The zero-order valence-electron chi connectivity index (χ0n) is 10.1. The van der Waals surface area contributed by atoms with Gasteiger partial charge in [-0.2, -0.15) is 11.8 Å². The lowest BCUT2D eigenvalue weighted by Gasteiger charge is -2.29. The van der Waals surface area contributed by atoms with Crippen LogP contribution in [-0.4, -0.2) is 41.6 Å². The monoisotopic (exact) mass is 248 g/mol. The van der Waals surface area contributed by atoms with Crippen molar-refractivity contribution in [3.63, 3.8) is 0 Å². The maximum atomic E-state index is 3.77. The van der Waals surface area contributed by atoms with Crippen molar-refractivity contribution >= 4 is 11.8 Å². The number of thioether (sulfide) groups is 1. The van der Waals surface area contributed by atoms with Crippen LogP contribution in [0.3, 0.4) is 0 Å². The van der Waals surface area contributed by atoms with Crippen LogP contribution in [0.4, 0.5) is 0 Å². The van der Waals surface area contributed by atoms with E-state index in [0.717, 1.165) is 18.6 Å². The maximum Gasteiger partial charge on any atom is 0.0251 e. The van der Waals surface area contributed by atoms with Crippen molar-refractivity contribution in [1.82, 2.24) is 10.2 Å². The molecule has 0 aromatic heterocycles. The Morgan fingerprint density at radius 3 is 2.71 bits per heavy atom. The Balaban J connectivity index is 1.47. The molecule has 3 rings (SSSR count). The number of hydrogen-bond donors (Lipinski definition) is 1. The van der Waals surface area contributed by atoms with Crippen LogP contribution in [0.25, 0.3) is 0 Å². The minimum Gasteiger partial charge on any atom is -0.308 e. The van der Waals surface area contributed by atoms with E-state index in [2.05, 4.69) is 52.3 Å². The molecule has 92 valence electrons. The van der Waals surface area contributed by atoms with Gasteiger partial charge in [0, 0.05) is 43.2 Å². The van der Waals surface area contributed by atoms with Gasteiger partial charge in [0.05, 0.1) is 0 Å². The number of nitrogens with one attached hydrogen (secondary N) is 1. The van der Waals surface area contributed by atoms with Gasteiger partial charge >= 0.3 is 0 Å². The molecule has 2 aliphatic rings. The molecule has 0 radical (unpaired) electrons. The zero-order valence-corrected chi connectivity index (χ0v) is 11.0. The molecule has 1 N–H and O–H groups in total. The summed E-state index contributed by atoms with van der Waals surface area (Å²) in [5, 5.41) is 3.77. The highest BCUT2D eigenvalue weighted by molar-refractivity contribution is 8.00. The summed E-state index contributed by atoms with van der Waals surface area (Å²) in [6.45, 7) is 3.57. The summed E-state index contributed by atoms with van der Waals surface area (Å²) < 4.78 is 0. The fourth-order valence-electron chi connectivity index (χ4n) is 2.62. The lowest BCUT2D eigenvalue weighted by atomic mass is 10.2. The van der Waals surface area contributed by atoms with Crippen LogP contribution in [0, 0.1) is 0 Å². The number of likely N-dealkylation sites (tertiary alicyclic amines) is 1. The van der Waals surface area contributed by atoms with Crippen molar-refractivity contribution < 1.29 is 0 Å². The number of nitrogens with zero attached hydrogens (tertiary/aromatic N) is 1. The second-order valence-corrected chi connectivity index (χ2v) is 6.18. The van der Waals surface area contributed by atoms with Gasteiger partial charge in [0.15, 0.2) is 0 Å². The topological polar surface area (TPSA) is 15.3 Å². The van der Waals surface area contributed by atoms with Crippen molar-refractivity contribution in [2.45, 2.75) is 25.0 Å². The number of hydrogen-bond acceptors (Lipinski definition) is 3. The summed E-state index contributed by atoms with van der Waals surface area (Å²) in [7, 11) is 0. The number of rotatable bonds is 4. The minimum atomic E-state index is 0.726. The molecule has 17 heavy (non-hydrogen) atoms.